The number of allylic oxidation sites excluding steroid dienone is 2. The summed E-state index contributed by atoms with van der Waals surface area (Å²) in [6.07, 6.45) is 3.52. The van der Waals surface area contributed by atoms with Crippen molar-refractivity contribution >= 4 is 11.7 Å². The van der Waals surface area contributed by atoms with Crippen molar-refractivity contribution in [3.05, 3.63) is 41.1 Å². The van der Waals surface area contributed by atoms with Gasteiger partial charge in [0.05, 0.1) is 6.61 Å². The minimum Gasteiger partial charge on any atom is -0.494 e. The van der Waals surface area contributed by atoms with Gasteiger partial charge in [-0.05, 0) is 37.0 Å². The van der Waals surface area contributed by atoms with Gasteiger partial charge in [-0.25, -0.2) is 0 Å². The van der Waals surface area contributed by atoms with E-state index in [2.05, 4.69) is 12.2 Å². The molecule has 1 aliphatic carbocycles. The summed E-state index contributed by atoms with van der Waals surface area (Å²) >= 11 is 0. The molecule has 4 nitrogen and oxygen atoms in total. The fraction of sp³-hybridized carbons (Fsp3) is 0.444. The minimum absolute atomic E-state index is 0.00441. The van der Waals surface area contributed by atoms with Crippen molar-refractivity contribution in [1.29, 1.82) is 0 Å². The van der Waals surface area contributed by atoms with Crippen LogP contribution in [0.4, 0.5) is 0 Å². The highest BCUT2D eigenvalue weighted by Gasteiger charge is 2.34. The highest BCUT2D eigenvalue weighted by Crippen LogP contribution is 2.38. The van der Waals surface area contributed by atoms with Crippen LogP contribution in [0.15, 0.2) is 35.5 Å². The number of carbonyl (C=O) groups excluding carboxylic acids is 2. The molecule has 1 amide bonds. The Kier molecular flexibility index (Phi) is 4.27. The first-order valence-electron chi connectivity index (χ1n) is 7.98. The van der Waals surface area contributed by atoms with Gasteiger partial charge in [0.1, 0.15) is 5.75 Å². The fourth-order valence-electron chi connectivity index (χ4n) is 3.21. The van der Waals surface area contributed by atoms with E-state index < -0.39 is 0 Å². The van der Waals surface area contributed by atoms with Crippen LogP contribution in [0.3, 0.4) is 0 Å². The van der Waals surface area contributed by atoms with Crippen molar-refractivity contribution < 1.29 is 14.3 Å². The lowest BCUT2D eigenvalue weighted by atomic mass is 9.78. The van der Waals surface area contributed by atoms with Crippen LogP contribution < -0.4 is 10.1 Å². The Morgan fingerprint density at radius 2 is 1.95 bits per heavy atom. The smallest absolute Gasteiger partial charge is 0.225 e. The van der Waals surface area contributed by atoms with Gasteiger partial charge in [0.15, 0.2) is 5.78 Å². The van der Waals surface area contributed by atoms with E-state index in [1.807, 2.05) is 24.3 Å². The predicted octanol–water partition coefficient (Wildman–Crippen LogP) is 3.09. The number of hydrogen-bond acceptors (Lipinski definition) is 3. The molecule has 1 N–H and O–H groups in total. The maximum Gasteiger partial charge on any atom is 0.225 e. The highest BCUT2D eigenvalue weighted by atomic mass is 16.5. The maximum atomic E-state index is 12.3. The van der Waals surface area contributed by atoms with Gasteiger partial charge in [0.2, 0.25) is 5.91 Å². The monoisotopic (exact) mass is 299 g/mol. The lowest BCUT2D eigenvalue weighted by Crippen LogP contribution is -2.36. The number of benzene rings is 1. The number of carbonyl (C=O) groups is 2. The van der Waals surface area contributed by atoms with Gasteiger partial charge in [-0.1, -0.05) is 19.1 Å². The average molecular weight is 299 g/mol. The second kappa shape index (κ2) is 6.34. The first-order valence-corrected chi connectivity index (χ1v) is 7.98. The Morgan fingerprint density at radius 1 is 1.18 bits per heavy atom. The molecule has 0 unspecified atom stereocenters. The Morgan fingerprint density at radius 3 is 2.68 bits per heavy atom. The standard InChI is InChI=1S/C18H21NO3/c1-2-10-22-13-8-6-12(7-9-13)14-11-17(21)19-15-4-3-5-16(20)18(14)15/h6-9,14H,2-5,10-11H2,1H3,(H,19,21)/t14-/m1/s1. The molecule has 2 aliphatic rings. The summed E-state index contributed by atoms with van der Waals surface area (Å²) in [7, 11) is 0. The summed E-state index contributed by atoms with van der Waals surface area (Å²) in [5.74, 6) is 0.897. The van der Waals surface area contributed by atoms with Gasteiger partial charge < -0.3 is 10.1 Å². The fourth-order valence-corrected chi connectivity index (χ4v) is 3.21. The second-order valence-corrected chi connectivity index (χ2v) is 5.89. The molecule has 1 aromatic rings. The number of nitrogens with one attached hydrogen (secondary N) is 1. The van der Waals surface area contributed by atoms with Crippen LogP contribution in [0.2, 0.25) is 0 Å². The van der Waals surface area contributed by atoms with Gasteiger partial charge in [-0.15, -0.1) is 0 Å². The number of ether oxygens (including phenoxy) is 1. The summed E-state index contributed by atoms with van der Waals surface area (Å²) in [4.78, 5) is 24.2. The molecule has 1 heterocycles. The molecule has 4 heteroatoms. The van der Waals surface area contributed by atoms with Crippen molar-refractivity contribution in [3.63, 3.8) is 0 Å². The lowest BCUT2D eigenvalue weighted by Gasteiger charge is -2.31. The Balaban J connectivity index is 1.88. The van der Waals surface area contributed by atoms with Gasteiger partial charge in [-0.3, -0.25) is 9.59 Å². The zero-order chi connectivity index (χ0) is 15.5. The molecule has 3 rings (SSSR count). The molecule has 116 valence electrons. The number of Topliss-reactive ketones (excluding diaryl/α,β-unsaturated/α-hetero) is 1. The molecule has 0 aromatic heterocycles. The molecule has 0 bridgehead atoms. The van der Waals surface area contributed by atoms with Crippen LogP contribution in [-0.2, 0) is 9.59 Å². The molecular formula is C18H21NO3. The van der Waals surface area contributed by atoms with Crippen LogP contribution in [0, 0.1) is 0 Å². The molecule has 1 aromatic carbocycles. The molecule has 0 saturated carbocycles. The minimum atomic E-state index is -0.114. The summed E-state index contributed by atoms with van der Waals surface area (Å²) in [5, 5.41) is 2.88. The normalized spacial score (nSPS) is 21.4. The molecule has 0 radical (unpaired) electrons. The summed E-state index contributed by atoms with van der Waals surface area (Å²) in [6.45, 7) is 2.76. The van der Waals surface area contributed by atoms with Crippen molar-refractivity contribution in [2.75, 3.05) is 6.61 Å². The van der Waals surface area contributed by atoms with Gasteiger partial charge in [0, 0.05) is 30.0 Å². The quantitative estimate of drug-likeness (QED) is 0.929. The van der Waals surface area contributed by atoms with E-state index >= 15 is 0 Å². The first kappa shape index (κ1) is 14.8. The van der Waals surface area contributed by atoms with E-state index in [4.69, 9.17) is 4.74 Å². The third-order valence-electron chi connectivity index (χ3n) is 4.24. The van der Waals surface area contributed by atoms with E-state index in [1.54, 1.807) is 0 Å². The largest absolute Gasteiger partial charge is 0.494 e. The van der Waals surface area contributed by atoms with E-state index in [1.165, 1.54) is 0 Å². The van der Waals surface area contributed by atoms with Gasteiger partial charge >= 0.3 is 0 Å². The third-order valence-corrected chi connectivity index (χ3v) is 4.24. The molecule has 0 fully saturated rings. The van der Waals surface area contributed by atoms with Crippen molar-refractivity contribution in [3.8, 4) is 5.75 Å². The Hall–Kier alpha value is -2.10. The topological polar surface area (TPSA) is 55.4 Å². The highest BCUT2D eigenvalue weighted by molar-refractivity contribution is 6.01. The van der Waals surface area contributed by atoms with Crippen LogP contribution in [-0.4, -0.2) is 18.3 Å². The SMILES string of the molecule is CCCOc1ccc([C@H]2CC(=O)NC3=C2C(=O)CCC3)cc1. The van der Waals surface area contributed by atoms with Crippen LogP contribution in [0.25, 0.3) is 0 Å². The number of rotatable bonds is 4. The number of hydrogen-bond donors (Lipinski definition) is 1. The maximum absolute atomic E-state index is 12.3. The van der Waals surface area contributed by atoms with E-state index in [0.717, 1.165) is 41.8 Å². The molecule has 0 spiro atoms. The van der Waals surface area contributed by atoms with Crippen LogP contribution >= 0.6 is 0 Å². The molecule has 0 saturated heterocycles. The molecular weight excluding hydrogens is 278 g/mol. The van der Waals surface area contributed by atoms with E-state index in [-0.39, 0.29) is 17.6 Å². The van der Waals surface area contributed by atoms with E-state index in [9.17, 15) is 9.59 Å². The average Bonchev–Trinajstić information content (AvgIpc) is 2.52. The number of ketones is 1. The Bertz CT molecular complexity index is 616. The summed E-state index contributed by atoms with van der Waals surface area (Å²) in [5.41, 5.74) is 2.67. The molecule has 22 heavy (non-hydrogen) atoms. The van der Waals surface area contributed by atoms with Crippen LogP contribution in [0.1, 0.15) is 50.5 Å². The molecule has 1 aliphatic heterocycles. The zero-order valence-electron chi connectivity index (χ0n) is 12.9. The van der Waals surface area contributed by atoms with Crippen molar-refractivity contribution in [2.24, 2.45) is 0 Å². The van der Waals surface area contributed by atoms with Crippen LogP contribution in [0.5, 0.6) is 5.75 Å². The summed E-state index contributed by atoms with van der Waals surface area (Å²) in [6, 6.07) is 7.79. The van der Waals surface area contributed by atoms with Gasteiger partial charge in [-0.2, -0.15) is 0 Å². The molecule has 1 atom stereocenters. The van der Waals surface area contributed by atoms with Crippen molar-refractivity contribution in [1.82, 2.24) is 5.32 Å². The zero-order valence-corrected chi connectivity index (χ0v) is 12.9. The Labute approximate surface area is 130 Å². The lowest BCUT2D eigenvalue weighted by molar-refractivity contribution is -0.122. The third kappa shape index (κ3) is 2.91. The summed E-state index contributed by atoms with van der Waals surface area (Å²) < 4.78 is 5.59. The predicted molar refractivity (Wildman–Crippen MR) is 83.6 cm³/mol. The van der Waals surface area contributed by atoms with Crippen molar-refractivity contribution in [2.45, 2.75) is 44.9 Å². The van der Waals surface area contributed by atoms with E-state index in [0.29, 0.717) is 19.4 Å². The number of amides is 1. The van der Waals surface area contributed by atoms with Gasteiger partial charge in [0.25, 0.3) is 0 Å². The first-order chi connectivity index (χ1) is 10.7. The second-order valence-electron chi connectivity index (χ2n) is 5.89.